The van der Waals surface area contributed by atoms with E-state index in [1.165, 1.54) is 0 Å². The van der Waals surface area contributed by atoms with Crippen molar-refractivity contribution in [3.05, 3.63) is 4.85 Å². The first kappa shape index (κ1) is 3.44. The van der Waals surface area contributed by atoms with E-state index in [1.54, 1.807) is 0 Å². The molecule has 32 valence electrons. The Morgan fingerprint density at radius 2 is 2.67 bits per heavy atom. The highest BCUT2D eigenvalue weighted by Gasteiger charge is 1.91. The lowest BCUT2D eigenvalue weighted by atomic mass is 10.9. The predicted octanol–water partition coefficient (Wildman–Crippen LogP) is -0.615. The minimum atomic E-state index is 0.701. The second-order valence-electron chi connectivity index (χ2n) is 1.03. The maximum absolute atomic E-state index is 3.70. The quantitative estimate of drug-likeness (QED) is 0.383. The molecule has 1 heterocycles. The van der Waals surface area contributed by atoms with Crippen LogP contribution in [-0.4, -0.2) is 13.3 Å². The van der Waals surface area contributed by atoms with Crippen LogP contribution in [-0.2, 0) is 0 Å². The molecule has 1 aliphatic rings. The van der Waals surface area contributed by atoms with Crippen molar-refractivity contribution in [3.63, 3.8) is 0 Å². The summed E-state index contributed by atoms with van der Waals surface area (Å²) in [5, 5.41) is 5.70. The van der Waals surface area contributed by atoms with Crippen LogP contribution < -0.4 is 10.6 Å². The Balaban J connectivity index is 2.36. The fourth-order valence-corrected chi connectivity index (χ4v) is 0.309. The summed E-state index contributed by atoms with van der Waals surface area (Å²) in [6, 6.07) is 0. The molecule has 0 aromatic heterocycles. The summed E-state index contributed by atoms with van der Waals surface area (Å²) in [5.74, 6) is 0. The highest BCUT2D eigenvalue weighted by molar-refractivity contribution is 4.85. The Labute approximate surface area is 36.2 Å². The molecule has 0 fully saturated rings. The van der Waals surface area contributed by atoms with Gasteiger partial charge in [0.15, 0.2) is 0 Å². The molecule has 0 amide bonds. The van der Waals surface area contributed by atoms with Gasteiger partial charge in [-0.15, -0.1) is 0 Å². The second-order valence-corrected chi connectivity index (χ2v) is 1.03. The van der Waals surface area contributed by atoms with Gasteiger partial charge < -0.3 is 0 Å². The van der Waals surface area contributed by atoms with Gasteiger partial charge in [-0.1, -0.05) is 0 Å². The first-order valence-corrected chi connectivity index (χ1v) is 1.85. The van der Waals surface area contributed by atoms with Crippen molar-refractivity contribution >= 4 is 0 Å². The summed E-state index contributed by atoms with van der Waals surface area (Å²) in [6.45, 7) is 1.50. The Bertz CT molecular complexity index is 77.9. The van der Waals surface area contributed by atoms with Crippen LogP contribution >= 0.6 is 0 Å². The first-order chi connectivity index (χ1) is 3.00. The van der Waals surface area contributed by atoms with Crippen molar-refractivity contribution in [1.29, 1.82) is 0 Å². The molecule has 3 heteroatoms. The molecular formula is C3H6N3+. The van der Waals surface area contributed by atoms with Crippen molar-refractivity contribution in [2.45, 2.75) is 0 Å². The number of nitrogens with zero attached hydrogens (tertiary/aromatic N) is 1. The Morgan fingerprint density at radius 1 is 1.67 bits per heavy atom. The van der Waals surface area contributed by atoms with Gasteiger partial charge in [0.2, 0.25) is 6.67 Å². The monoisotopic (exact) mass is 84.1 g/mol. The van der Waals surface area contributed by atoms with E-state index in [-0.39, 0.29) is 0 Å². The second kappa shape index (κ2) is 1.63. The molecule has 3 nitrogen and oxygen atoms in total. The van der Waals surface area contributed by atoms with Gasteiger partial charge >= 0.3 is 6.19 Å². The average Bonchev–Trinajstić information content (AvgIpc) is 1.72. The third kappa shape index (κ3) is 0.597. The fraction of sp³-hybridized carbons (Fsp3) is 0.667. The van der Waals surface area contributed by atoms with E-state index in [0.717, 1.165) is 6.67 Å². The van der Waals surface area contributed by atoms with E-state index in [4.69, 9.17) is 0 Å². The van der Waals surface area contributed by atoms with Gasteiger partial charge in [-0.3, -0.25) is 0 Å². The molecule has 1 aliphatic heterocycles. The van der Waals surface area contributed by atoms with Crippen LogP contribution in [0, 0.1) is 6.19 Å². The number of hydrogen-bond donors (Lipinski definition) is 2. The molecule has 0 spiro atoms. The molecule has 2 N–H and O–H groups in total. The molecule has 0 aromatic carbocycles. The van der Waals surface area contributed by atoms with Gasteiger partial charge in [0.1, 0.15) is 6.67 Å². The highest BCUT2D eigenvalue weighted by atomic mass is 15.1. The maximum atomic E-state index is 3.70. The van der Waals surface area contributed by atoms with E-state index in [0.29, 0.717) is 6.67 Å². The van der Waals surface area contributed by atoms with Crippen LogP contribution in [0.4, 0.5) is 0 Å². The first-order valence-electron chi connectivity index (χ1n) is 1.85. The SMILES string of the molecule is C1#[N+]CNCN1. The van der Waals surface area contributed by atoms with Crippen LogP contribution in [0.15, 0.2) is 0 Å². The molecular weight excluding hydrogens is 78.1 g/mol. The minimum absolute atomic E-state index is 0.701. The lowest BCUT2D eigenvalue weighted by molar-refractivity contribution is 0.686. The molecule has 0 bridgehead atoms. The predicted molar refractivity (Wildman–Crippen MR) is 23.3 cm³/mol. The molecule has 0 atom stereocenters. The van der Waals surface area contributed by atoms with E-state index < -0.39 is 0 Å². The molecule has 0 saturated heterocycles. The summed E-state index contributed by atoms with van der Waals surface area (Å²) < 4.78 is 0. The standard InChI is InChI=1S/C3H5N3/c1-4-2-6-3-5-1/h4H,1-2H2/p+1. The van der Waals surface area contributed by atoms with E-state index in [2.05, 4.69) is 21.7 Å². The number of nitrogens with one attached hydrogen (secondary N) is 2. The third-order valence-electron chi connectivity index (χ3n) is 0.562. The van der Waals surface area contributed by atoms with Gasteiger partial charge in [-0.25, -0.2) is 10.6 Å². The zero-order valence-corrected chi connectivity index (χ0v) is 3.36. The Kier molecular flexibility index (Phi) is 0.934. The molecule has 6 heavy (non-hydrogen) atoms. The lowest BCUT2D eigenvalue weighted by Gasteiger charge is -1.90. The van der Waals surface area contributed by atoms with Gasteiger partial charge in [0, 0.05) is 0 Å². The van der Waals surface area contributed by atoms with Crippen LogP contribution in [0.1, 0.15) is 0 Å². The summed E-state index contributed by atoms with van der Waals surface area (Å²) >= 11 is 0. The Hall–Kier alpha value is -0.750. The molecule has 0 aliphatic carbocycles. The summed E-state index contributed by atoms with van der Waals surface area (Å²) in [7, 11) is 0. The third-order valence-corrected chi connectivity index (χ3v) is 0.562. The molecule has 1 rings (SSSR count). The van der Waals surface area contributed by atoms with Crippen LogP contribution in [0.25, 0.3) is 4.85 Å². The van der Waals surface area contributed by atoms with Gasteiger partial charge in [0.05, 0.1) is 0 Å². The van der Waals surface area contributed by atoms with E-state index in [1.807, 2.05) is 0 Å². The maximum Gasteiger partial charge on any atom is 0.371 e. The van der Waals surface area contributed by atoms with E-state index in [9.17, 15) is 0 Å². The van der Waals surface area contributed by atoms with Gasteiger partial charge in [-0.2, -0.15) is 4.85 Å². The summed E-state index contributed by atoms with van der Waals surface area (Å²) in [4.78, 5) is 3.70. The fourth-order valence-electron chi connectivity index (χ4n) is 0.309. The van der Waals surface area contributed by atoms with Gasteiger partial charge in [-0.05, 0) is 0 Å². The van der Waals surface area contributed by atoms with Crippen molar-refractivity contribution in [1.82, 2.24) is 10.6 Å². The number of hydrogen-bond acceptors (Lipinski definition) is 2. The molecule has 0 aromatic rings. The zero-order chi connectivity index (χ0) is 4.24. The van der Waals surface area contributed by atoms with Crippen molar-refractivity contribution < 1.29 is 0 Å². The summed E-state index contributed by atoms with van der Waals surface area (Å²) in [5.41, 5.74) is 0. The van der Waals surface area contributed by atoms with Crippen molar-refractivity contribution in [2.24, 2.45) is 0 Å². The highest BCUT2D eigenvalue weighted by Crippen LogP contribution is 1.64. The molecule has 0 unspecified atom stereocenters. The summed E-state index contributed by atoms with van der Waals surface area (Å²) in [6.07, 6.45) is 2.60. The van der Waals surface area contributed by atoms with E-state index >= 15 is 0 Å². The van der Waals surface area contributed by atoms with Crippen LogP contribution in [0.2, 0.25) is 0 Å². The zero-order valence-electron chi connectivity index (χ0n) is 3.36. The smallest absolute Gasteiger partial charge is 0.230 e. The van der Waals surface area contributed by atoms with Crippen molar-refractivity contribution in [2.75, 3.05) is 13.3 Å². The van der Waals surface area contributed by atoms with Crippen molar-refractivity contribution in [3.8, 4) is 6.19 Å². The van der Waals surface area contributed by atoms with Gasteiger partial charge in [0.25, 0.3) is 0 Å². The average molecular weight is 84.1 g/mol. The van der Waals surface area contributed by atoms with Crippen LogP contribution in [0.5, 0.6) is 0 Å². The van der Waals surface area contributed by atoms with Crippen LogP contribution in [0.3, 0.4) is 0 Å². The number of rotatable bonds is 0. The largest absolute Gasteiger partial charge is 0.371 e. The normalized spacial score (nSPS) is 17.3. The molecule has 0 saturated carbocycles. The lowest BCUT2D eigenvalue weighted by Crippen LogP contribution is -2.28. The minimum Gasteiger partial charge on any atom is -0.230 e. The Morgan fingerprint density at radius 3 is 2.83 bits per heavy atom. The topological polar surface area (TPSA) is 28.4 Å². The molecule has 0 radical (unpaired) electrons.